The number of hydrogen-bond donors (Lipinski definition) is 0. The third-order valence-corrected chi connectivity index (χ3v) is 3.57. The zero-order chi connectivity index (χ0) is 15.0. The molecule has 0 fully saturated rings. The van der Waals surface area contributed by atoms with Crippen molar-refractivity contribution in [3.8, 4) is 0 Å². The summed E-state index contributed by atoms with van der Waals surface area (Å²) in [6.07, 6.45) is 1.67. The van der Waals surface area contributed by atoms with Gasteiger partial charge in [-0.05, 0) is 31.5 Å². The monoisotopic (exact) mass is 281 g/mol. The molecule has 0 aliphatic heterocycles. The lowest BCUT2D eigenvalue weighted by molar-refractivity contribution is 0.0526. The molecule has 0 atom stereocenters. The number of rotatable bonds is 2. The minimum absolute atomic E-state index is 0.0965. The fourth-order valence-corrected chi connectivity index (χ4v) is 2.68. The maximum atomic E-state index is 12.6. The van der Waals surface area contributed by atoms with Crippen molar-refractivity contribution in [2.75, 3.05) is 6.61 Å². The molecule has 0 N–H and O–H groups in total. The predicted octanol–water partition coefficient (Wildman–Crippen LogP) is 2.94. The highest BCUT2D eigenvalue weighted by Crippen LogP contribution is 2.25. The van der Waals surface area contributed by atoms with Crippen LogP contribution < -0.4 is 5.56 Å². The third-order valence-electron chi connectivity index (χ3n) is 3.57. The first-order valence-electron chi connectivity index (χ1n) is 6.85. The van der Waals surface area contributed by atoms with Crippen molar-refractivity contribution in [2.24, 2.45) is 0 Å². The molecule has 21 heavy (non-hydrogen) atoms. The maximum Gasteiger partial charge on any atom is 0.344 e. The Bertz CT molecular complexity index is 909. The molecule has 3 aromatic rings. The minimum Gasteiger partial charge on any atom is -0.462 e. The van der Waals surface area contributed by atoms with Gasteiger partial charge < -0.3 is 4.74 Å². The zero-order valence-electron chi connectivity index (χ0n) is 11.9. The number of aromatic nitrogens is 1. The van der Waals surface area contributed by atoms with Crippen molar-refractivity contribution >= 4 is 22.3 Å². The average Bonchev–Trinajstić information content (AvgIpc) is 2.48. The molecule has 0 bridgehead atoms. The Kier molecular flexibility index (Phi) is 3.22. The van der Waals surface area contributed by atoms with E-state index in [1.807, 2.05) is 31.2 Å². The van der Waals surface area contributed by atoms with Crippen LogP contribution in [0.2, 0.25) is 0 Å². The van der Waals surface area contributed by atoms with Gasteiger partial charge in [0.25, 0.3) is 5.56 Å². The number of fused-ring (bicyclic) bond motifs is 3. The quantitative estimate of drug-likeness (QED) is 0.536. The number of carbonyl (C=O) groups is 1. The SMILES string of the molecule is CCOC(=O)c1c(=O)n2ccccc2c2c(C)cccc12. The highest BCUT2D eigenvalue weighted by Gasteiger charge is 2.19. The summed E-state index contributed by atoms with van der Waals surface area (Å²) >= 11 is 0. The molecule has 2 heterocycles. The molecular formula is C17H15NO3. The average molecular weight is 281 g/mol. The number of pyridine rings is 2. The summed E-state index contributed by atoms with van der Waals surface area (Å²) < 4.78 is 6.55. The number of aryl methyl sites for hydroxylation is 1. The highest BCUT2D eigenvalue weighted by molar-refractivity contribution is 6.09. The summed E-state index contributed by atoms with van der Waals surface area (Å²) in [5, 5.41) is 1.55. The Morgan fingerprint density at radius 3 is 2.76 bits per heavy atom. The lowest BCUT2D eigenvalue weighted by Gasteiger charge is -2.12. The molecule has 2 aromatic heterocycles. The van der Waals surface area contributed by atoms with Crippen LogP contribution in [0.3, 0.4) is 0 Å². The first-order valence-corrected chi connectivity index (χ1v) is 6.85. The summed E-state index contributed by atoms with van der Waals surface area (Å²) in [5.41, 5.74) is 1.56. The van der Waals surface area contributed by atoms with E-state index in [-0.39, 0.29) is 17.7 Å². The fraction of sp³-hybridized carbons (Fsp3) is 0.176. The van der Waals surface area contributed by atoms with E-state index in [9.17, 15) is 9.59 Å². The fourth-order valence-electron chi connectivity index (χ4n) is 2.68. The van der Waals surface area contributed by atoms with Crippen LogP contribution in [0, 0.1) is 6.92 Å². The molecule has 0 radical (unpaired) electrons. The predicted molar refractivity (Wildman–Crippen MR) is 81.9 cm³/mol. The third kappa shape index (κ3) is 2.00. The molecule has 4 heteroatoms. The van der Waals surface area contributed by atoms with Crippen LogP contribution in [0.1, 0.15) is 22.8 Å². The summed E-state index contributed by atoms with van der Waals surface area (Å²) in [6, 6.07) is 11.1. The Labute approximate surface area is 121 Å². The molecule has 0 amide bonds. The number of esters is 1. The van der Waals surface area contributed by atoms with Crippen molar-refractivity contribution in [2.45, 2.75) is 13.8 Å². The van der Waals surface area contributed by atoms with Crippen LogP contribution in [0.4, 0.5) is 0 Å². The number of ether oxygens (including phenoxy) is 1. The van der Waals surface area contributed by atoms with E-state index in [1.165, 1.54) is 4.40 Å². The second-order valence-electron chi connectivity index (χ2n) is 4.85. The van der Waals surface area contributed by atoms with Crippen molar-refractivity contribution < 1.29 is 9.53 Å². The van der Waals surface area contributed by atoms with E-state index in [0.717, 1.165) is 16.5 Å². The van der Waals surface area contributed by atoms with Gasteiger partial charge in [-0.25, -0.2) is 4.79 Å². The van der Waals surface area contributed by atoms with Crippen molar-refractivity contribution in [3.05, 3.63) is 64.1 Å². The van der Waals surface area contributed by atoms with Gasteiger partial charge in [0, 0.05) is 17.0 Å². The van der Waals surface area contributed by atoms with E-state index < -0.39 is 5.97 Å². The van der Waals surface area contributed by atoms with Crippen LogP contribution in [0.5, 0.6) is 0 Å². The van der Waals surface area contributed by atoms with Crippen LogP contribution in [0.25, 0.3) is 16.3 Å². The van der Waals surface area contributed by atoms with Crippen molar-refractivity contribution in [1.29, 1.82) is 0 Å². The van der Waals surface area contributed by atoms with Gasteiger partial charge >= 0.3 is 5.97 Å². The molecule has 0 unspecified atom stereocenters. The molecule has 0 aliphatic carbocycles. The number of hydrogen-bond acceptors (Lipinski definition) is 3. The molecule has 1 aromatic carbocycles. The second kappa shape index (κ2) is 5.05. The molecular weight excluding hydrogens is 266 g/mol. The Balaban J connectivity index is 2.56. The van der Waals surface area contributed by atoms with Crippen LogP contribution in [0.15, 0.2) is 47.4 Å². The second-order valence-corrected chi connectivity index (χ2v) is 4.85. The lowest BCUT2D eigenvalue weighted by Crippen LogP contribution is -2.24. The van der Waals surface area contributed by atoms with E-state index >= 15 is 0 Å². The first kappa shape index (κ1) is 13.4. The molecule has 0 saturated carbocycles. The standard InChI is InChI=1S/C17H15NO3/c1-3-21-17(20)15-12-8-6-7-11(2)14(12)13-9-4-5-10-18(13)16(15)19/h4-10H,3H2,1-2H3. The van der Waals surface area contributed by atoms with Gasteiger partial charge in [-0.3, -0.25) is 9.20 Å². The van der Waals surface area contributed by atoms with Gasteiger partial charge in [0.1, 0.15) is 5.56 Å². The summed E-state index contributed by atoms with van der Waals surface area (Å²) in [7, 11) is 0. The van der Waals surface area contributed by atoms with Crippen LogP contribution >= 0.6 is 0 Å². The highest BCUT2D eigenvalue weighted by atomic mass is 16.5. The lowest BCUT2D eigenvalue weighted by atomic mass is 10.0. The molecule has 106 valence electrons. The Morgan fingerprint density at radius 2 is 2.00 bits per heavy atom. The molecule has 0 aliphatic rings. The topological polar surface area (TPSA) is 47.8 Å². The van der Waals surface area contributed by atoms with E-state index in [2.05, 4.69) is 0 Å². The number of carbonyl (C=O) groups excluding carboxylic acids is 1. The molecule has 0 spiro atoms. The van der Waals surface area contributed by atoms with E-state index in [0.29, 0.717) is 5.39 Å². The summed E-state index contributed by atoms with van der Waals surface area (Å²) in [5.74, 6) is -0.573. The molecule has 4 nitrogen and oxygen atoms in total. The van der Waals surface area contributed by atoms with Gasteiger partial charge in [-0.15, -0.1) is 0 Å². The normalized spacial score (nSPS) is 11.0. The van der Waals surface area contributed by atoms with Crippen molar-refractivity contribution in [3.63, 3.8) is 0 Å². The van der Waals surface area contributed by atoms with Gasteiger partial charge in [-0.2, -0.15) is 0 Å². The van der Waals surface area contributed by atoms with E-state index in [4.69, 9.17) is 4.74 Å². The smallest absolute Gasteiger partial charge is 0.344 e. The molecule has 3 rings (SSSR count). The Hall–Kier alpha value is -2.62. The van der Waals surface area contributed by atoms with Crippen molar-refractivity contribution in [1.82, 2.24) is 4.40 Å². The molecule has 0 saturated heterocycles. The number of benzene rings is 1. The first-order chi connectivity index (χ1) is 10.1. The maximum absolute atomic E-state index is 12.6. The van der Waals surface area contributed by atoms with Gasteiger partial charge in [0.2, 0.25) is 0 Å². The minimum atomic E-state index is -0.573. The van der Waals surface area contributed by atoms with Crippen LogP contribution in [-0.2, 0) is 4.74 Å². The van der Waals surface area contributed by atoms with Gasteiger partial charge in [-0.1, -0.05) is 24.3 Å². The summed E-state index contributed by atoms with van der Waals surface area (Å²) in [4.78, 5) is 24.8. The zero-order valence-corrected chi connectivity index (χ0v) is 11.9. The van der Waals surface area contributed by atoms with Gasteiger partial charge in [0.05, 0.1) is 12.1 Å². The van der Waals surface area contributed by atoms with E-state index in [1.54, 1.807) is 25.3 Å². The van der Waals surface area contributed by atoms with Gasteiger partial charge in [0.15, 0.2) is 0 Å². The number of nitrogens with zero attached hydrogens (tertiary/aromatic N) is 1. The Morgan fingerprint density at radius 1 is 1.19 bits per heavy atom. The largest absolute Gasteiger partial charge is 0.462 e. The van der Waals surface area contributed by atoms with Crippen LogP contribution in [-0.4, -0.2) is 17.0 Å². The summed E-state index contributed by atoms with van der Waals surface area (Å²) in [6.45, 7) is 3.93.